The number of hydrogen-bond donors (Lipinski definition) is 2. The topological polar surface area (TPSA) is 105 Å². The molecule has 0 aliphatic carbocycles. The van der Waals surface area contributed by atoms with Crippen molar-refractivity contribution >= 4 is 29.4 Å². The van der Waals surface area contributed by atoms with Gasteiger partial charge in [-0.15, -0.1) is 0 Å². The van der Waals surface area contributed by atoms with Crippen molar-refractivity contribution < 1.29 is 23.9 Å². The number of hydrogen-bond acceptors (Lipinski definition) is 5. The van der Waals surface area contributed by atoms with E-state index >= 15 is 0 Å². The lowest BCUT2D eigenvalue weighted by molar-refractivity contribution is -0.147. The number of carbonyl (C=O) groups is 4. The summed E-state index contributed by atoms with van der Waals surface area (Å²) in [5, 5.41) is 5.58. The van der Waals surface area contributed by atoms with E-state index in [1.54, 1.807) is 0 Å². The fourth-order valence-electron chi connectivity index (χ4n) is 4.96. The smallest absolute Gasteiger partial charge is 0.329 e. The van der Waals surface area contributed by atoms with Gasteiger partial charge in [-0.3, -0.25) is 19.3 Å². The first kappa shape index (κ1) is 25.4. The zero-order valence-corrected chi connectivity index (χ0v) is 21.0. The van der Waals surface area contributed by atoms with Gasteiger partial charge in [-0.05, 0) is 35.4 Å². The molecule has 8 nitrogen and oxygen atoms in total. The van der Waals surface area contributed by atoms with Crippen molar-refractivity contribution in [1.29, 1.82) is 0 Å². The van der Waals surface area contributed by atoms with Gasteiger partial charge in [-0.1, -0.05) is 68.8 Å². The van der Waals surface area contributed by atoms with Crippen LogP contribution >= 0.6 is 0 Å². The second-order valence-corrected chi connectivity index (χ2v) is 9.61. The predicted molar refractivity (Wildman–Crippen MR) is 135 cm³/mol. The molecule has 36 heavy (non-hydrogen) atoms. The molecule has 3 amide bonds. The monoisotopic (exact) mass is 491 g/mol. The molecule has 0 spiro atoms. The van der Waals surface area contributed by atoms with Gasteiger partial charge >= 0.3 is 5.97 Å². The lowest BCUT2D eigenvalue weighted by atomic mass is 9.97. The molecule has 0 unspecified atom stereocenters. The summed E-state index contributed by atoms with van der Waals surface area (Å²) in [4.78, 5) is 53.4. The second-order valence-electron chi connectivity index (χ2n) is 9.61. The van der Waals surface area contributed by atoms with Crippen molar-refractivity contribution in [3.8, 4) is 0 Å². The van der Waals surface area contributed by atoms with E-state index in [4.69, 9.17) is 4.74 Å². The number of rotatable bonds is 8. The molecule has 2 aliphatic heterocycles. The molecule has 2 aromatic rings. The summed E-state index contributed by atoms with van der Waals surface area (Å²) in [6.45, 7) is 5.32. The minimum absolute atomic E-state index is 0.105. The normalized spacial score (nSPS) is 20.1. The van der Waals surface area contributed by atoms with E-state index in [-0.39, 0.29) is 24.3 Å². The first-order chi connectivity index (χ1) is 17.3. The van der Waals surface area contributed by atoms with Crippen LogP contribution in [-0.4, -0.2) is 41.8 Å². The number of nitrogens with zero attached hydrogens (tertiary/aromatic N) is 1. The Morgan fingerprint density at radius 1 is 1.08 bits per heavy atom. The quantitative estimate of drug-likeness (QED) is 0.553. The number of nitrogens with one attached hydrogen (secondary N) is 2. The van der Waals surface area contributed by atoms with Crippen LogP contribution in [0.25, 0.3) is 0 Å². The highest BCUT2D eigenvalue weighted by Gasteiger charge is 2.45. The summed E-state index contributed by atoms with van der Waals surface area (Å²) >= 11 is 0. The molecule has 0 saturated carbocycles. The van der Waals surface area contributed by atoms with Crippen LogP contribution in [0.15, 0.2) is 48.5 Å². The van der Waals surface area contributed by atoms with Gasteiger partial charge in [0.15, 0.2) is 0 Å². The van der Waals surface area contributed by atoms with Gasteiger partial charge < -0.3 is 15.4 Å². The van der Waals surface area contributed by atoms with E-state index in [1.165, 1.54) is 11.8 Å². The molecule has 0 radical (unpaired) electrons. The Hall–Kier alpha value is -3.68. The van der Waals surface area contributed by atoms with Crippen molar-refractivity contribution in [2.75, 3.05) is 4.90 Å². The van der Waals surface area contributed by atoms with Gasteiger partial charge in [0.25, 0.3) is 0 Å². The molecule has 0 aromatic heterocycles. The highest BCUT2D eigenvalue weighted by Crippen LogP contribution is 2.39. The van der Waals surface area contributed by atoms with Gasteiger partial charge in [0, 0.05) is 13.3 Å². The molecule has 4 rings (SSSR count). The SMILES string of the molecule is CC[C@H](C)[C@H](NC(C)=O)C(=O)N[C@H]1CCc2cccc3c2N(C1=O)[C@H](C(=O)OCc1ccccc1)C3. The Morgan fingerprint density at radius 2 is 1.81 bits per heavy atom. The first-order valence-electron chi connectivity index (χ1n) is 12.5. The molecule has 0 saturated heterocycles. The number of anilines is 1. The van der Waals surface area contributed by atoms with Crippen molar-refractivity contribution in [2.45, 2.75) is 71.2 Å². The molecule has 0 fully saturated rings. The average molecular weight is 492 g/mol. The van der Waals surface area contributed by atoms with E-state index in [1.807, 2.05) is 62.4 Å². The van der Waals surface area contributed by atoms with E-state index in [2.05, 4.69) is 10.6 Å². The maximum atomic E-state index is 13.8. The Balaban J connectivity index is 1.56. The standard InChI is InChI=1S/C28H33N3O5/c1-4-17(2)24(29-18(3)32)26(33)30-22-14-13-20-11-8-12-21-15-23(31(25(20)21)27(22)34)28(35)36-16-19-9-6-5-7-10-19/h5-12,17,22-24H,4,13-16H2,1-3H3,(H,29,32)(H,30,33)/t17-,22-,23-,24-/m0/s1. The van der Waals surface area contributed by atoms with Gasteiger partial charge in [0.1, 0.15) is 24.7 Å². The predicted octanol–water partition coefficient (Wildman–Crippen LogP) is 2.67. The summed E-state index contributed by atoms with van der Waals surface area (Å²) in [6, 6.07) is 12.9. The molecule has 8 heteroatoms. The van der Waals surface area contributed by atoms with E-state index < -0.39 is 30.0 Å². The summed E-state index contributed by atoms with van der Waals surface area (Å²) in [5.41, 5.74) is 3.51. The fraction of sp³-hybridized carbons (Fsp3) is 0.429. The molecule has 2 aromatic carbocycles. The number of aryl methyl sites for hydroxylation is 1. The zero-order chi connectivity index (χ0) is 25.8. The number of amides is 3. The maximum absolute atomic E-state index is 13.8. The Bertz CT molecular complexity index is 1150. The first-order valence-corrected chi connectivity index (χ1v) is 12.5. The van der Waals surface area contributed by atoms with Crippen LogP contribution in [0.2, 0.25) is 0 Å². The molecular formula is C28H33N3O5. The summed E-state index contributed by atoms with van der Waals surface area (Å²) in [6.07, 6.45) is 2.03. The van der Waals surface area contributed by atoms with E-state index in [0.717, 1.165) is 22.4 Å². The Kier molecular flexibility index (Phi) is 7.72. The summed E-state index contributed by atoms with van der Waals surface area (Å²) in [7, 11) is 0. The van der Waals surface area contributed by atoms with Crippen molar-refractivity contribution in [1.82, 2.24) is 10.6 Å². The number of benzene rings is 2. The third-order valence-corrected chi connectivity index (χ3v) is 7.07. The molecule has 2 aliphatic rings. The number of ether oxygens (including phenoxy) is 1. The van der Waals surface area contributed by atoms with Crippen LogP contribution < -0.4 is 15.5 Å². The Morgan fingerprint density at radius 3 is 2.50 bits per heavy atom. The summed E-state index contributed by atoms with van der Waals surface area (Å²) < 4.78 is 5.61. The van der Waals surface area contributed by atoms with Gasteiger partial charge in [0.05, 0.1) is 5.69 Å². The molecule has 4 atom stereocenters. The fourth-order valence-corrected chi connectivity index (χ4v) is 4.96. The van der Waals surface area contributed by atoms with Crippen LogP contribution in [0.5, 0.6) is 0 Å². The van der Waals surface area contributed by atoms with Crippen LogP contribution in [0, 0.1) is 5.92 Å². The van der Waals surface area contributed by atoms with E-state index in [9.17, 15) is 19.2 Å². The molecule has 2 heterocycles. The maximum Gasteiger partial charge on any atom is 0.329 e. The van der Waals surface area contributed by atoms with Crippen LogP contribution in [-0.2, 0) is 43.4 Å². The number of para-hydroxylation sites is 1. The van der Waals surface area contributed by atoms with Crippen molar-refractivity contribution in [3.63, 3.8) is 0 Å². The minimum Gasteiger partial charge on any atom is -0.459 e. The molecule has 0 bridgehead atoms. The van der Waals surface area contributed by atoms with Gasteiger partial charge in [-0.2, -0.15) is 0 Å². The van der Waals surface area contributed by atoms with Gasteiger partial charge in [-0.25, -0.2) is 4.79 Å². The number of carbonyl (C=O) groups excluding carboxylic acids is 4. The lowest BCUT2D eigenvalue weighted by Gasteiger charge is -2.29. The van der Waals surface area contributed by atoms with Crippen molar-refractivity contribution in [2.24, 2.45) is 5.92 Å². The molecule has 2 N–H and O–H groups in total. The number of esters is 1. The third kappa shape index (κ3) is 5.27. The third-order valence-electron chi connectivity index (χ3n) is 7.07. The van der Waals surface area contributed by atoms with Crippen molar-refractivity contribution in [3.05, 3.63) is 65.2 Å². The zero-order valence-electron chi connectivity index (χ0n) is 21.0. The van der Waals surface area contributed by atoms with E-state index in [0.29, 0.717) is 25.7 Å². The van der Waals surface area contributed by atoms with Crippen LogP contribution in [0.4, 0.5) is 5.69 Å². The largest absolute Gasteiger partial charge is 0.459 e. The Labute approximate surface area is 211 Å². The lowest BCUT2D eigenvalue weighted by Crippen LogP contribution is -2.57. The highest BCUT2D eigenvalue weighted by atomic mass is 16.5. The van der Waals surface area contributed by atoms with Gasteiger partial charge in [0.2, 0.25) is 17.7 Å². The average Bonchev–Trinajstić information content (AvgIpc) is 3.21. The minimum atomic E-state index is -0.819. The summed E-state index contributed by atoms with van der Waals surface area (Å²) in [5.74, 6) is -1.62. The molecular weight excluding hydrogens is 458 g/mol. The highest BCUT2D eigenvalue weighted by molar-refractivity contribution is 6.07. The van der Waals surface area contributed by atoms with Crippen LogP contribution in [0.3, 0.4) is 0 Å². The van der Waals surface area contributed by atoms with Crippen LogP contribution in [0.1, 0.15) is 50.3 Å². The molecule has 190 valence electrons. The second kappa shape index (κ2) is 10.9.